The van der Waals surface area contributed by atoms with E-state index in [9.17, 15) is 4.79 Å². The summed E-state index contributed by atoms with van der Waals surface area (Å²) < 4.78 is 5.44. The summed E-state index contributed by atoms with van der Waals surface area (Å²) in [5, 5.41) is 4.62. The van der Waals surface area contributed by atoms with E-state index in [-0.39, 0.29) is 29.7 Å². The van der Waals surface area contributed by atoms with Crippen LogP contribution in [0.3, 0.4) is 0 Å². The van der Waals surface area contributed by atoms with Crippen LogP contribution in [0, 0.1) is 17.8 Å². The van der Waals surface area contributed by atoms with Gasteiger partial charge in [-0.2, -0.15) is 0 Å². The number of pyridine rings is 1. The molecule has 10 heteroatoms. The van der Waals surface area contributed by atoms with Gasteiger partial charge in [0.25, 0.3) is 0 Å². The maximum atomic E-state index is 12.2. The highest BCUT2D eigenvalue weighted by Gasteiger charge is 2.47. The number of aromatic nitrogens is 3. The van der Waals surface area contributed by atoms with Crippen molar-refractivity contribution >= 4 is 51.6 Å². The third kappa shape index (κ3) is 3.61. The highest BCUT2D eigenvalue weighted by Crippen LogP contribution is 2.46. The first-order valence-corrected chi connectivity index (χ1v) is 12.2. The first-order chi connectivity index (χ1) is 16.5. The van der Waals surface area contributed by atoms with Gasteiger partial charge in [-0.05, 0) is 36.5 Å². The molecule has 0 radical (unpaired) electrons. The van der Waals surface area contributed by atoms with Crippen LogP contribution < -0.4 is 16.0 Å². The minimum absolute atomic E-state index is 0.121. The smallest absolute Gasteiger partial charge is 0.223 e. The molecule has 1 saturated heterocycles. The summed E-state index contributed by atoms with van der Waals surface area (Å²) in [7, 11) is 0. The number of rotatable bonds is 5. The highest BCUT2D eigenvalue weighted by atomic mass is 35.5. The largest absolute Gasteiger partial charge is 0.378 e. The van der Waals surface area contributed by atoms with E-state index in [4.69, 9.17) is 33.7 Å². The van der Waals surface area contributed by atoms with E-state index >= 15 is 0 Å². The molecule has 6 rings (SSSR count). The topological polar surface area (TPSA) is 109 Å². The number of imidazole rings is 1. The van der Waals surface area contributed by atoms with Crippen molar-refractivity contribution in [3.63, 3.8) is 0 Å². The zero-order chi connectivity index (χ0) is 23.4. The van der Waals surface area contributed by atoms with Crippen LogP contribution in [0.4, 0.5) is 11.4 Å². The first kappa shape index (κ1) is 21.7. The number of morpholine rings is 1. The maximum Gasteiger partial charge on any atom is 0.223 e. The molecule has 4 unspecified atom stereocenters. The van der Waals surface area contributed by atoms with Gasteiger partial charge in [0.15, 0.2) is 5.65 Å². The van der Waals surface area contributed by atoms with Gasteiger partial charge in [0, 0.05) is 24.7 Å². The Kier molecular flexibility index (Phi) is 5.39. The monoisotopic (exact) mass is 498 g/mol. The summed E-state index contributed by atoms with van der Waals surface area (Å²) in [6.07, 6.45) is 6.75. The number of aromatic amines is 1. The van der Waals surface area contributed by atoms with E-state index in [1.165, 1.54) is 0 Å². The molecule has 34 heavy (non-hydrogen) atoms. The molecule has 1 aliphatic heterocycles. The van der Waals surface area contributed by atoms with Gasteiger partial charge in [-0.3, -0.25) is 4.79 Å². The molecule has 1 saturated carbocycles. The van der Waals surface area contributed by atoms with Crippen LogP contribution in [0.25, 0.3) is 22.6 Å². The molecule has 8 nitrogen and oxygen atoms in total. The molecule has 3 heterocycles. The molecular weight excluding hydrogens is 475 g/mol. The maximum absolute atomic E-state index is 12.2. The predicted octanol–water partition coefficient (Wildman–Crippen LogP) is 3.86. The van der Waals surface area contributed by atoms with Crippen molar-refractivity contribution in [2.24, 2.45) is 23.5 Å². The Morgan fingerprint density at radius 2 is 1.97 bits per heavy atom. The van der Waals surface area contributed by atoms with Crippen molar-refractivity contribution in [2.45, 2.75) is 12.5 Å². The summed E-state index contributed by atoms with van der Waals surface area (Å²) in [5.41, 5.74) is 9.46. The van der Waals surface area contributed by atoms with Crippen LogP contribution in [-0.4, -0.2) is 53.2 Å². The van der Waals surface area contributed by atoms with Gasteiger partial charge in [-0.1, -0.05) is 35.4 Å². The Bertz CT molecular complexity index is 1300. The number of amides is 1. The summed E-state index contributed by atoms with van der Waals surface area (Å²) in [6.45, 7) is 3.01. The second-order valence-corrected chi connectivity index (χ2v) is 9.89. The molecule has 2 fully saturated rings. The molecular formula is C24H24Cl2N6O2. The first-order valence-electron chi connectivity index (χ1n) is 11.4. The fourth-order valence-electron chi connectivity index (χ4n) is 5.50. The van der Waals surface area contributed by atoms with E-state index < -0.39 is 0 Å². The number of fused-ring (bicyclic) bond motifs is 3. The molecule has 1 aromatic carbocycles. The Labute approximate surface area is 206 Å². The second kappa shape index (κ2) is 8.45. The lowest BCUT2D eigenvalue weighted by molar-refractivity contribution is -0.122. The number of anilines is 2. The fourth-order valence-corrected chi connectivity index (χ4v) is 6.00. The van der Waals surface area contributed by atoms with Crippen molar-refractivity contribution in [2.75, 3.05) is 36.5 Å². The van der Waals surface area contributed by atoms with E-state index in [1.54, 1.807) is 6.20 Å². The van der Waals surface area contributed by atoms with Gasteiger partial charge >= 0.3 is 0 Å². The van der Waals surface area contributed by atoms with Gasteiger partial charge < -0.3 is 25.7 Å². The van der Waals surface area contributed by atoms with Gasteiger partial charge in [0.1, 0.15) is 11.3 Å². The third-order valence-electron chi connectivity index (χ3n) is 7.15. The number of H-pyrrole nitrogens is 1. The van der Waals surface area contributed by atoms with Gasteiger partial charge in [-0.15, -0.1) is 0 Å². The van der Waals surface area contributed by atoms with Crippen LogP contribution in [0.1, 0.15) is 6.42 Å². The van der Waals surface area contributed by atoms with Crippen molar-refractivity contribution in [1.82, 2.24) is 15.0 Å². The average molecular weight is 499 g/mol. The Hall–Kier alpha value is -2.81. The van der Waals surface area contributed by atoms with Crippen molar-refractivity contribution in [3.8, 4) is 11.4 Å². The van der Waals surface area contributed by atoms with Gasteiger partial charge in [-0.25, -0.2) is 9.97 Å². The lowest BCUT2D eigenvalue weighted by atomic mass is 9.88. The Morgan fingerprint density at radius 3 is 2.74 bits per heavy atom. The number of halogens is 2. The molecule has 3 aliphatic rings. The summed E-state index contributed by atoms with van der Waals surface area (Å²) in [4.78, 5) is 26.8. The van der Waals surface area contributed by atoms with Gasteiger partial charge in [0.2, 0.25) is 5.91 Å². The Morgan fingerprint density at radius 1 is 1.18 bits per heavy atom. The quantitative estimate of drug-likeness (QED) is 0.460. The van der Waals surface area contributed by atoms with Crippen LogP contribution >= 0.6 is 23.2 Å². The van der Waals surface area contributed by atoms with Crippen molar-refractivity contribution in [1.29, 1.82) is 0 Å². The van der Waals surface area contributed by atoms with Crippen LogP contribution in [0.5, 0.6) is 0 Å². The number of primary amides is 1. The predicted molar refractivity (Wildman–Crippen MR) is 133 cm³/mol. The number of carbonyl (C=O) groups excluding carboxylic acids is 1. The zero-order valence-corrected chi connectivity index (χ0v) is 19.8. The Balaban J connectivity index is 1.34. The lowest BCUT2D eigenvalue weighted by Gasteiger charge is -2.29. The molecule has 2 bridgehead atoms. The molecule has 0 spiro atoms. The van der Waals surface area contributed by atoms with E-state index in [0.717, 1.165) is 30.8 Å². The van der Waals surface area contributed by atoms with E-state index in [1.807, 2.05) is 18.2 Å². The average Bonchev–Trinajstić information content (AvgIpc) is 3.56. The number of nitrogens with zero attached hydrogens (tertiary/aromatic N) is 3. The SMILES string of the molecule is NC(=O)C1C2C=CC(C2)C1Nc1c(Cl)cnc2nc(-c3ccc(N4CCOCC4)c(Cl)c3)[nH]c12. The van der Waals surface area contributed by atoms with E-state index in [0.29, 0.717) is 45.9 Å². The third-order valence-corrected chi connectivity index (χ3v) is 7.73. The summed E-state index contributed by atoms with van der Waals surface area (Å²) >= 11 is 13.2. The molecule has 2 aliphatic carbocycles. The lowest BCUT2D eigenvalue weighted by Crippen LogP contribution is -2.41. The highest BCUT2D eigenvalue weighted by molar-refractivity contribution is 6.34. The summed E-state index contributed by atoms with van der Waals surface area (Å²) in [6, 6.07) is 5.79. The number of hydrogen-bond acceptors (Lipinski definition) is 6. The second-order valence-electron chi connectivity index (χ2n) is 9.08. The number of nitrogens with two attached hydrogens (primary N) is 1. The summed E-state index contributed by atoms with van der Waals surface area (Å²) in [5.74, 6) is 0.470. The molecule has 2 aromatic heterocycles. The zero-order valence-electron chi connectivity index (χ0n) is 18.3. The number of nitrogens with one attached hydrogen (secondary N) is 2. The minimum Gasteiger partial charge on any atom is -0.378 e. The van der Waals surface area contributed by atoms with Gasteiger partial charge in [0.05, 0.1) is 46.7 Å². The van der Waals surface area contributed by atoms with E-state index in [2.05, 4.69) is 37.3 Å². The molecule has 4 N–H and O–H groups in total. The van der Waals surface area contributed by atoms with Crippen molar-refractivity contribution in [3.05, 3.63) is 46.6 Å². The standard InChI is InChI=1S/C24H24Cl2N6O2/c25-15-10-14(3-4-17(15)32-5-7-34-8-6-32)23-30-21-20(16(26)11-28-24(21)31-23)29-19-13-2-1-12(9-13)18(19)22(27)33/h1-4,10-13,18-19H,5-9H2,(H2,27,33)(H2,28,29,30,31). The van der Waals surface area contributed by atoms with Crippen LogP contribution in [0.15, 0.2) is 36.5 Å². The normalized spacial score (nSPS) is 25.9. The molecule has 176 valence electrons. The molecule has 4 atom stereocenters. The minimum atomic E-state index is -0.295. The number of carbonyl (C=O) groups is 1. The number of benzene rings is 1. The number of allylic oxidation sites excluding steroid dienone is 1. The van der Waals surface area contributed by atoms with Crippen molar-refractivity contribution < 1.29 is 9.53 Å². The van der Waals surface area contributed by atoms with Crippen LogP contribution in [0.2, 0.25) is 10.0 Å². The number of ether oxygens (including phenoxy) is 1. The van der Waals surface area contributed by atoms with Crippen LogP contribution in [-0.2, 0) is 9.53 Å². The molecule has 3 aromatic rings. The fraction of sp³-hybridized carbons (Fsp3) is 0.375. The molecule has 1 amide bonds. The number of hydrogen-bond donors (Lipinski definition) is 3.